The molecule has 0 bridgehead atoms. The Kier molecular flexibility index (Phi) is 4.67. The molecule has 21 heavy (non-hydrogen) atoms. The SMILES string of the molecule is COC(=O)c1ccc(/C=N/Nc2ccc(C#N)cc2)cc1. The smallest absolute Gasteiger partial charge is 0.337 e. The standard InChI is InChI=1S/C16H13N3O2/c1-21-16(20)14-6-2-13(3-7-14)11-18-19-15-8-4-12(10-17)5-9-15/h2-9,11,19H,1H3/b18-11+. The zero-order valence-corrected chi connectivity index (χ0v) is 11.4. The predicted octanol–water partition coefficient (Wildman–Crippen LogP) is 2.79. The number of rotatable bonds is 4. The number of nitrogens with one attached hydrogen (secondary N) is 1. The molecule has 0 aliphatic heterocycles. The second-order valence-corrected chi connectivity index (χ2v) is 4.17. The summed E-state index contributed by atoms with van der Waals surface area (Å²) in [5.41, 5.74) is 5.60. The number of esters is 1. The van der Waals surface area contributed by atoms with Crippen LogP contribution in [0, 0.1) is 11.3 Å². The van der Waals surface area contributed by atoms with E-state index in [0.717, 1.165) is 11.3 Å². The zero-order chi connectivity index (χ0) is 15.1. The topological polar surface area (TPSA) is 74.5 Å². The molecule has 0 amide bonds. The number of carbonyl (C=O) groups is 1. The molecule has 0 radical (unpaired) electrons. The fourth-order valence-corrected chi connectivity index (χ4v) is 1.62. The first-order valence-electron chi connectivity index (χ1n) is 6.20. The first-order chi connectivity index (χ1) is 10.2. The summed E-state index contributed by atoms with van der Waals surface area (Å²) in [5, 5.41) is 12.8. The average molecular weight is 279 g/mol. The average Bonchev–Trinajstić information content (AvgIpc) is 2.55. The van der Waals surface area contributed by atoms with Crippen LogP contribution in [-0.4, -0.2) is 19.3 Å². The zero-order valence-electron chi connectivity index (χ0n) is 11.4. The first-order valence-corrected chi connectivity index (χ1v) is 6.20. The van der Waals surface area contributed by atoms with E-state index in [-0.39, 0.29) is 5.97 Å². The lowest BCUT2D eigenvalue weighted by atomic mass is 10.1. The van der Waals surface area contributed by atoms with Crippen molar-refractivity contribution in [3.63, 3.8) is 0 Å². The number of hydrogen-bond donors (Lipinski definition) is 1. The minimum Gasteiger partial charge on any atom is -0.465 e. The van der Waals surface area contributed by atoms with E-state index in [4.69, 9.17) is 5.26 Å². The second kappa shape index (κ2) is 6.87. The van der Waals surface area contributed by atoms with Crippen LogP contribution in [0.2, 0.25) is 0 Å². The van der Waals surface area contributed by atoms with Crippen molar-refractivity contribution in [1.82, 2.24) is 0 Å². The lowest BCUT2D eigenvalue weighted by Gasteiger charge is -2.01. The van der Waals surface area contributed by atoms with Gasteiger partial charge in [-0.1, -0.05) is 12.1 Å². The van der Waals surface area contributed by atoms with E-state index in [0.29, 0.717) is 11.1 Å². The Labute approximate surface area is 122 Å². The van der Waals surface area contributed by atoms with Crippen molar-refractivity contribution in [2.45, 2.75) is 0 Å². The number of nitrogens with zero attached hydrogens (tertiary/aromatic N) is 2. The van der Waals surface area contributed by atoms with E-state index in [1.165, 1.54) is 7.11 Å². The number of carbonyl (C=O) groups excluding carboxylic acids is 1. The van der Waals surface area contributed by atoms with Gasteiger partial charge in [0.15, 0.2) is 0 Å². The molecule has 0 spiro atoms. The van der Waals surface area contributed by atoms with Gasteiger partial charge in [-0.2, -0.15) is 10.4 Å². The minimum absolute atomic E-state index is 0.366. The Bertz CT molecular complexity index is 683. The highest BCUT2D eigenvalue weighted by Crippen LogP contribution is 2.09. The molecule has 0 aromatic heterocycles. The van der Waals surface area contributed by atoms with E-state index >= 15 is 0 Å². The van der Waals surface area contributed by atoms with E-state index in [2.05, 4.69) is 21.3 Å². The molecule has 0 aliphatic rings. The minimum atomic E-state index is -0.366. The molecule has 5 heteroatoms. The van der Waals surface area contributed by atoms with Gasteiger partial charge in [-0.15, -0.1) is 0 Å². The third-order valence-electron chi connectivity index (χ3n) is 2.75. The summed E-state index contributed by atoms with van der Waals surface area (Å²) in [6, 6.07) is 15.9. The summed E-state index contributed by atoms with van der Waals surface area (Å²) in [4.78, 5) is 11.3. The number of ether oxygens (including phenoxy) is 1. The Hall–Kier alpha value is -3.13. The molecule has 5 nitrogen and oxygen atoms in total. The van der Waals surface area contributed by atoms with Crippen LogP contribution < -0.4 is 5.43 Å². The molecule has 2 aromatic carbocycles. The van der Waals surface area contributed by atoms with Crippen LogP contribution in [0.15, 0.2) is 53.6 Å². The van der Waals surface area contributed by atoms with E-state index in [1.54, 1.807) is 54.7 Å². The molecule has 0 aliphatic carbocycles. The fraction of sp³-hybridized carbons (Fsp3) is 0.0625. The van der Waals surface area contributed by atoms with Gasteiger partial charge in [0.2, 0.25) is 0 Å². The molecular weight excluding hydrogens is 266 g/mol. The molecule has 2 aromatic rings. The maximum Gasteiger partial charge on any atom is 0.337 e. The van der Waals surface area contributed by atoms with Gasteiger partial charge >= 0.3 is 5.97 Å². The third kappa shape index (κ3) is 3.91. The van der Waals surface area contributed by atoms with Crippen molar-refractivity contribution in [3.8, 4) is 6.07 Å². The normalized spacial score (nSPS) is 10.1. The summed E-state index contributed by atoms with van der Waals surface area (Å²) < 4.78 is 4.63. The molecule has 104 valence electrons. The summed E-state index contributed by atoms with van der Waals surface area (Å²) >= 11 is 0. The van der Waals surface area contributed by atoms with Crippen LogP contribution in [0.4, 0.5) is 5.69 Å². The van der Waals surface area contributed by atoms with Crippen LogP contribution in [-0.2, 0) is 4.74 Å². The Morgan fingerprint density at radius 2 is 1.86 bits per heavy atom. The summed E-state index contributed by atoms with van der Waals surface area (Å²) in [6.45, 7) is 0. The van der Waals surface area contributed by atoms with Gasteiger partial charge in [-0.25, -0.2) is 4.79 Å². The number of benzene rings is 2. The van der Waals surface area contributed by atoms with Gasteiger partial charge < -0.3 is 4.74 Å². The third-order valence-corrected chi connectivity index (χ3v) is 2.75. The molecule has 0 saturated carbocycles. The summed E-state index contributed by atoms with van der Waals surface area (Å²) in [5.74, 6) is -0.366. The molecule has 0 heterocycles. The van der Waals surface area contributed by atoms with Crippen LogP contribution in [0.1, 0.15) is 21.5 Å². The van der Waals surface area contributed by atoms with Gasteiger partial charge in [-0.3, -0.25) is 5.43 Å². The highest BCUT2D eigenvalue weighted by Gasteiger charge is 2.03. The Morgan fingerprint density at radius 3 is 2.43 bits per heavy atom. The van der Waals surface area contributed by atoms with E-state index < -0.39 is 0 Å². The molecular formula is C16H13N3O2. The van der Waals surface area contributed by atoms with Crippen molar-refractivity contribution in [2.75, 3.05) is 12.5 Å². The van der Waals surface area contributed by atoms with Gasteiger partial charge in [0, 0.05) is 0 Å². The summed E-state index contributed by atoms with van der Waals surface area (Å²) in [7, 11) is 1.35. The maximum absolute atomic E-state index is 11.3. The second-order valence-electron chi connectivity index (χ2n) is 4.17. The number of hydrazone groups is 1. The molecule has 0 fully saturated rings. The monoisotopic (exact) mass is 279 g/mol. The largest absolute Gasteiger partial charge is 0.465 e. The fourth-order valence-electron chi connectivity index (χ4n) is 1.62. The van der Waals surface area contributed by atoms with Crippen LogP contribution in [0.5, 0.6) is 0 Å². The van der Waals surface area contributed by atoms with Gasteiger partial charge in [0.05, 0.1) is 36.2 Å². The molecule has 2 rings (SSSR count). The number of methoxy groups -OCH3 is 1. The van der Waals surface area contributed by atoms with Crippen LogP contribution >= 0.6 is 0 Å². The van der Waals surface area contributed by atoms with E-state index in [1.807, 2.05) is 0 Å². The van der Waals surface area contributed by atoms with Crippen LogP contribution in [0.25, 0.3) is 0 Å². The maximum atomic E-state index is 11.3. The van der Waals surface area contributed by atoms with Crippen molar-refractivity contribution < 1.29 is 9.53 Å². The van der Waals surface area contributed by atoms with Gasteiger partial charge in [-0.05, 0) is 42.0 Å². The highest BCUT2D eigenvalue weighted by atomic mass is 16.5. The van der Waals surface area contributed by atoms with Crippen molar-refractivity contribution in [3.05, 3.63) is 65.2 Å². The van der Waals surface area contributed by atoms with Crippen molar-refractivity contribution in [1.29, 1.82) is 5.26 Å². The number of hydrogen-bond acceptors (Lipinski definition) is 5. The highest BCUT2D eigenvalue weighted by molar-refractivity contribution is 5.90. The quantitative estimate of drug-likeness (QED) is 0.530. The van der Waals surface area contributed by atoms with Gasteiger partial charge in [0.25, 0.3) is 0 Å². The van der Waals surface area contributed by atoms with E-state index in [9.17, 15) is 4.79 Å². The lowest BCUT2D eigenvalue weighted by molar-refractivity contribution is 0.0601. The molecule has 0 saturated heterocycles. The molecule has 0 atom stereocenters. The Morgan fingerprint density at radius 1 is 1.19 bits per heavy atom. The molecule has 0 unspecified atom stereocenters. The summed E-state index contributed by atoms with van der Waals surface area (Å²) in [6.07, 6.45) is 1.64. The molecule has 1 N–H and O–H groups in total. The lowest BCUT2D eigenvalue weighted by Crippen LogP contribution is -2.00. The number of anilines is 1. The van der Waals surface area contributed by atoms with Crippen molar-refractivity contribution in [2.24, 2.45) is 5.10 Å². The first kappa shape index (κ1) is 14.3. The number of nitriles is 1. The van der Waals surface area contributed by atoms with Crippen molar-refractivity contribution >= 4 is 17.9 Å². The van der Waals surface area contributed by atoms with Crippen LogP contribution in [0.3, 0.4) is 0 Å². The van der Waals surface area contributed by atoms with Gasteiger partial charge in [0.1, 0.15) is 0 Å². The predicted molar refractivity (Wildman–Crippen MR) is 80.2 cm³/mol. The Balaban J connectivity index is 1.97.